The summed E-state index contributed by atoms with van der Waals surface area (Å²) in [5.74, 6) is 1.04. The molecule has 0 aliphatic heterocycles. The predicted molar refractivity (Wildman–Crippen MR) is 324 cm³/mol. The molecule has 74 heavy (non-hydrogen) atoms. The van der Waals surface area contributed by atoms with E-state index in [1.54, 1.807) is 0 Å². The van der Waals surface area contributed by atoms with E-state index >= 15 is 0 Å². The number of carbonyl (C=O) groups is 2. The number of rotatable bonds is 48. The predicted octanol–water partition coefficient (Wildman–Crippen LogP) is 15.3. The van der Waals surface area contributed by atoms with Gasteiger partial charge in [-0.2, -0.15) is 0 Å². The summed E-state index contributed by atoms with van der Waals surface area (Å²) in [4.78, 5) is 31.2. The average Bonchev–Trinajstić information content (AvgIpc) is 3.38. The molecule has 8 nitrogen and oxygen atoms in total. The molecule has 0 aromatic heterocycles. The van der Waals surface area contributed by atoms with Crippen molar-refractivity contribution in [3.8, 4) is 0 Å². The van der Waals surface area contributed by atoms with Crippen molar-refractivity contribution >= 4 is 33.8 Å². The SMILES string of the molecule is CCCCC/C=C\C/C=C\CC(O)CN(CCSC(=O)C1CCC(C(=O)SCCN(CC(O)C/C=C\C/C=C\CCCCC)CC(O)C/C=C\C/C=C\CCCCC)CC1)CC(O)C/C=C\C/C=C\CCCCC. The lowest BCUT2D eigenvalue weighted by atomic mass is 9.83. The lowest BCUT2D eigenvalue weighted by Crippen LogP contribution is -2.39. The van der Waals surface area contributed by atoms with Crippen LogP contribution in [-0.2, 0) is 9.59 Å². The van der Waals surface area contributed by atoms with E-state index in [0.717, 1.165) is 51.4 Å². The Balaban J connectivity index is 2.72. The van der Waals surface area contributed by atoms with Crippen LogP contribution >= 0.6 is 23.5 Å². The molecule has 4 unspecified atom stereocenters. The second kappa shape index (κ2) is 51.5. The van der Waals surface area contributed by atoms with E-state index in [0.29, 0.717) is 102 Å². The fraction of sp³-hybridized carbons (Fsp3) is 0.719. The maximum atomic E-state index is 13.5. The third kappa shape index (κ3) is 42.8. The molecular weight excluding hydrogens is 957 g/mol. The molecule has 4 N–H and O–H groups in total. The summed E-state index contributed by atoms with van der Waals surface area (Å²) in [6.45, 7) is 11.8. The van der Waals surface area contributed by atoms with Crippen molar-refractivity contribution in [2.75, 3.05) is 50.8 Å². The summed E-state index contributed by atoms with van der Waals surface area (Å²) in [7, 11) is 0. The molecule has 1 rings (SSSR count). The first-order valence-corrected chi connectivity index (χ1v) is 31.8. The van der Waals surface area contributed by atoms with Crippen molar-refractivity contribution in [2.24, 2.45) is 11.8 Å². The Labute approximate surface area is 462 Å². The van der Waals surface area contributed by atoms with E-state index in [1.807, 2.05) is 24.3 Å². The highest BCUT2D eigenvalue weighted by molar-refractivity contribution is 8.13. The van der Waals surface area contributed by atoms with Crippen molar-refractivity contribution in [1.29, 1.82) is 0 Å². The number of thioether (sulfide) groups is 2. The van der Waals surface area contributed by atoms with Crippen molar-refractivity contribution in [3.05, 3.63) is 97.2 Å². The van der Waals surface area contributed by atoms with Gasteiger partial charge >= 0.3 is 0 Å². The van der Waals surface area contributed by atoms with Crippen LogP contribution in [0.3, 0.4) is 0 Å². The van der Waals surface area contributed by atoms with Crippen molar-refractivity contribution in [3.63, 3.8) is 0 Å². The zero-order chi connectivity index (χ0) is 54.0. The van der Waals surface area contributed by atoms with Gasteiger partial charge in [0.15, 0.2) is 10.2 Å². The van der Waals surface area contributed by atoms with E-state index < -0.39 is 24.4 Å². The normalized spacial score (nSPS) is 17.7. The lowest BCUT2D eigenvalue weighted by Gasteiger charge is -2.28. The highest BCUT2D eigenvalue weighted by atomic mass is 32.2. The number of unbranched alkanes of at least 4 members (excludes halogenated alkanes) is 12. The van der Waals surface area contributed by atoms with Crippen molar-refractivity contribution in [2.45, 2.75) is 232 Å². The minimum atomic E-state index is -0.567. The van der Waals surface area contributed by atoms with Crippen LogP contribution in [0.25, 0.3) is 0 Å². The van der Waals surface area contributed by atoms with Crippen LogP contribution in [0.1, 0.15) is 207 Å². The molecule has 1 saturated carbocycles. The molecule has 0 spiro atoms. The summed E-state index contributed by atoms with van der Waals surface area (Å²) in [6.07, 6.45) is 59.9. The molecule has 1 fully saturated rings. The van der Waals surface area contributed by atoms with Gasteiger partial charge in [0.05, 0.1) is 24.4 Å². The number of carbonyl (C=O) groups excluding carboxylic acids is 2. The molecule has 0 aromatic carbocycles. The summed E-state index contributed by atoms with van der Waals surface area (Å²) < 4.78 is 0. The summed E-state index contributed by atoms with van der Waals surface area (Å²) in [6, 6.07) is 0. The smallest absolute Gasteiger partial charge is 0.192 e. The van der Waals surface area contributed by atoms with E-state index in [1.165, 1.54) is 101 Å². The molecule has 10 heteroatoms. The Morgan fingerprint density at radius 1 is 0.392 bits per heavy atom. The van der Waals surface area contributed by atoms with Crippen LogP contribution in [0, 0.1) is 11.8 Å². The molecule has 0 bridgehead atoms. The monoisotopic (exact) mass is 1070 g/mol. The third-order valence-corrected chi connectivity index (χ3v) is 15.5. The van der Waals surface area contributed by atoms with Gasteiger partial charge in [-0.05, 0) is 128 Å². The molecule has 4 atom stereocenters. The quantitative estimate of drug-likeness (QED) is 0.0346. The maximum absolute atomic E-state index is 13.5. The molecule has 1 aliphatic rings. The molecule has 0 heterocycles. The van der Waals surface area contributed by atoms with Crippen LogP contribution in [0.4, 0.5) is 0 Å². The van der Waals surface area contributed by atoms with Crippen molar-refractivity contribution in [1.82, 2.24) is 9.80 Å². The second-order valence-electron chi connectivity index (χ2n) is 20.7. The molecule has 0 radical (unpaired) electrons. The standard InChI is InChI=1S/C64H110N2O6S2/c1-5-9-13-17-21-25-29-33-37-41-59(67)53-65(54-60(68)42-38-34-30-26-22-18-14-10-6-2)49-51-73-63(71)57-45-47-58(48-46-57)64(72)74-52-50-66(55-61(69)43-39-35-31-27-23-19-15-11-7-3)56-62(70)44-40-36-32-28-24-20-16-12-8-4/h21-28,33-40,57-62,67-70H,5-20,29-32,41-56H2,1-4H3/b25-21-,26-22-,27-23-,28-24-,37-33-,38-34-,39-35-,40-36-. The van der Waals surface area contributed by atoms with Crippen molar-refractivity contribution < 1.29 is 30.0 Å². The molecular formula is C64H110N2O6S2. The number of hydrogen-bond donors (Lipinski definition) is 4. The van der Waals surface area contributed by atoms with Crippen LogP contribution < -0.4 is 0 Å². The highest BCUT2D eigenvalue weighted by Crippen LogP contribution is 2.34. The average molecular weight is 1070 g/mol. The van der Waals surface area contributed by atoms with Gasteiger partial charge in [-0.1, -0.05) is 200 Å². The first-order chi connectivity index (χ1) is 36.1. The van der Waals surface area contributed by atoms with Gasteiger partial charge < -0.3 is 20.4 Å². The molecule has 0 aromatic rings. The van der Waals surface area contributed by atoms with Crippen LogP contribution in [-0.4, -0.2) is 116 Å². The topological polar surface area (TPSA) is 122 Å². The number of hydrogen-bond acceptors (Lipinski definition) is 10. The van der Waals surface area contributed by atoms with E-state index in [2.05, 4.69) is 110 Å². The Bertz CT molecular complexity index is 1370. The first-order valence-electron chi connectivity index (χ1n) is 29.8. The van der Waals surface area contributed by atoms with Gasteiger partial charge in [0.2, 0.25) is 0 Å². The van der Waals surface area contributed by atoms with E-state index in [4.69, 9.17) is 0 Å². The minimum Gasteiger partial charge on any atom is -0.391 e. The number of allylic oxidation sites excluding steroid dienone is 12. The highest BCUT2D eigenvalue weighted by Gasteiger charge is 2.30. The summed E-state index contributed by atoms with van der Waals surface area (Å²) in [5.41, 5.74) is 0. The number of nitrogens with zero attached hydrogens (tertiary/aromatic N) is 2. The summed E-state index contributed by atoms with van der Waals surface area (Å²) in [5, 5.41) is 44.4. The van der Waals surface area contributed by atoms with Gasteiger partial charge in [-0.25, -0.2) is 0 Å². The van der Waals surface area contributed by atoms with Crippen LogP contribution in [0.2, 0.25) is 0 Å². The molecule has 424 valence electrons. The Morgan fingerprint density at radius 2 is 0.635 bits per heavy atom. The zero-order valence-corrected chi connectivity index (χ0v) is 49.1. The van der Waals surface area contributed by atoms with Gasteiger partial charge in [-0.15, -0.1) is 0 Å². The molecule has 1 aliphatic carbocycles. The zero-order valence-electron chi connectivity index (χ0n) is 47.5. The number of aliphatic hydroxyl groups is 4. The van der Waals surface area contributed by atoms with Crippen LogP contribution in [0.5, 0.6) is 0 Å². The number of aliphatic hydroxyl groups excluding tert-OH is 4. The molecule has 0 saturated heterocycles. The van der Waals surface area contributed by atoms with E-state index in [9.17, 15) is 30.0 Å². The Hall–Kier alpha value is -2.28. The first kappa shape index (κ1) is 69.7. The fourth-order valence-corrected chi connectivity index (χ4v) is 11.0. The Morgan fingerprint density at radius 3 is 0.878 bits per heavy atom. The molecule has 0 amide bonds. The van der Waals surface area contributed by atoms with Gasteiger partial charge in [0.25, 0.3) is 0 Å². The van der Waals surface area contributed by atoms with Gasteiger partial charge in [-0.3, -0.25) is 19.4 Å². The lowest BCUT2D eigenvalue weighted by molar-refractivity contribution is -0.119. The maximum Gasteiger partial charge on any atom is 0.192 e. The minimum absolute atomic E-state index is 0.0689. The third-order valence-electron chi connectivity index (χ3n) is 13.5. The summed E-state index contributed by atoms with van der Waals surface area (Å²) >= 11 is 2.71. The fourth-order valence-electron chi connectivity index (χ4n) is 8.97. The second-order valence-corrected chi connectivity index (χ2v) is 22.9. The van der Waals surface area contributed by atoms with Gasteiger partial charge in [0, 0.05) is 62.6 Å². The largest absolute Gasteiger partial charge is 0.391 e. The van der Waals surface area contributed by atoms with Gasteiger partial charge in [0.1, 0.15) is 0 Å². The van der Waals surface area contributed by atoms with Crippen LogP contribution in [0.15, 0.2) is 97.2 Å². The van der Waals surface area contributed by atoms with E-state index in [-0.39, 0.29) is 22.1 Å². The Kier molecular flexibility index (Phi) is 48.5.